The van der Waals surface area contributed by atoms with E-state index in [4.69, 9.17) is 9.47 Å². The zero-order chi connectivity index (χ0) is 15.3. The van der Waals surface area contributed by atoms with Gasteiger partial charge in [-0.15, -0.1) is 0 Å². The summed E-state index contributed by atoms with van der Waals surface area (Å²) in [6.45, 7) is 1.48. The molecule has 1 aromatic rings. The van der Waals surface area contributed by atoms with E-state index in [-0.39, 0.29) is 18.1 Å². The average molecular weight is 288 g/mol. The molecule has 0 unspecified atom stereocenters. The Morgan fingerprint density at radius 3 is 2.15 bits per heavy atom. The number of halogens is 2. The Labute approximate surface area is 114 Å². The van der Waals surface area contributed by atoms with Crippen molar-refractivity contribution in [1.29, 1.82) is 0 Å². The number of Topliss-reactive ketones (excluding diaryl/α,β-unsaturated/α-hetero) is 1. The molecule has 0 aliphatic carbocycles. The first-order valence-corrected chi connectivity index (χ1v) is 5.71. The number of alkyl halides is 2. The molecule has 0 aliphatic heterocycles. The van der Waals surface area contributed by atoms with Crippen molar-refractivity contribution in [2.45, 2.75) is 13.3 Å². The van der Waals surface area contributed by atoms with Crippen molar-refractivity contribution in [2.75, 3.05) is 20.8 Å². The van der Waals surface area contributed by atoms with Gasteiger partial charge >= 0.3 is 5.97 Å². The fraction of sp³-hybridized carbons (Fsp3) is 0.385. The van der Waals surface area contributed by atoms with Gasteiger partial charge in [0.2, 0.25) is 0 Å². The summed E-state index contributed by atoms with van der Waals surface area (Å²) in [6, 6.07) is 2.01. The van der Waals surface area contributed by atoms with Crippen molar-refractivity contribution in [3.8, 4) is 11.5 Å². The van der Waals surface area contributed by atoms with Crippen LogP contribution in [0.5, 0.6) is 11.5 Å². The summed E-state index contributed by atoms with van der Waals surface area (Å²) in [7, 11) is 2.57. The molecule has 0 spiro atoms. The fourth-order valence-electron chi connectivity index (χ4n) is 1.58. The van der Waals surface area contributed by atoms with Gasteiger partial charge in [-0.05, 0) is 19.1 Å². The maximum atomic E-state index is 13.0. The normalized spacial score (nSPS) is 10.3. The molecule has 0 N–H and O–H groups in total. The molecule has 110 valence electrons. The molecule has 0 heterocycles. The predicted octanol–water partition coefficient (Wildman–Crippen LogP) is 2.39. The minimum atomic E-state index is -2.94. The lowest BCUT2D eigenvalue weighted by atomic mass is 10.0. The third-order valence-electron chi connectivity index (χ3n) is 2.50. The third-order valence-corrected chi connectivity index (χ3v) is 2.50. The number of carbonyl (C=O) groups excluding carboxylic acids is 2. The summed E-state index contributed by atoms with van der Waals surface area (Å²) in [4.78, 5) is 23.2. The second-order valence-electron chi connectivity index (χ2n) is 3.64. The zero-order valence-corrected chi connectivity index (χ0v) is 11.2. The van der Waals surface area contributed by atoms with Crippen LogP contribution in [0.25, 0.3) is 0 Å². The monoisotopic (exact) mass is 288 g/mol. The van der Waals surface area contributed by atoms with E-state index in [2.05, 4.69) is 4.74 Å². The molecule has 0 amide bonds. The Bertz CT molecular complexity index is 514. The summed E-state index contributed by atoms with van der Waals surface area (Å²) in [5, 5.41) is 0. The second-order valence-corrected chi connectivity index (χ2v) is 3.64. The second kappa shape index (κ2) is 6.83. The highest BCUT2D eigenvalue weighted by molar-refractivity contribution is 6.41. The number of methoxy groups -OCH3 is 2. The summed E-state index contributed by atoms with van der Waals surface area (Å²) < 4.78 is 40.3. The Hall–Kier alpha value is -2.18. The number of hydrogen-bond acceptors (Lipinski definition) is 5. The molecular formula is C13H14F2O5. The van der Waals surface area contributed by atoms with Crippen LogP contribution >= 0.6 is 0 Å². The molecule has 5 nitrogen and oxygen atoms in total. The Morgan fingerprint density at radius 1 is 1.15 bits per heavy atom. The largest absolute Gasteiger partial charge is 0.493 e. The molecule has 0 aromatic heterocycles. The first-order chi connectivity index (χ1) is 9.46. The Balaban J connectivity index is 3.36. The van der Waals surface area contributed by atoms with Crippen molar-refractivity contribution >= 4 is 11.8 Å². The van der Waals surface area contributed by atoms with Crippen molar-refractivity contribution in [3.05, 3.63) is 23.3 Å². The highest BCUT2D eigenvalue weighted by Crippen LogP contribution is 2.35. The van der Waals surface area contributed by atoms with Crippen LogP contribution in [0, 0.1) is 0 Å². The summed E-state index contributed by atoms with van der Waals surface area (Å²) >= 11 is 0. The Morgan fingerprint density at radius 2 is 1.70 bits per heavy atom. The van der Waals surface area contributed by atoms with Gasteiger partial charge in [0.25, 0.3) is 12.2 Å². The quantitative estimate of drug-likeness (QED) is 0.457. The van der Waals surface area contributed by atoms with Crippen LogP contribution < -0.4 is 9.47 Å². The van der Waals surface area contributed by atoms with Crippen molar-refractivity contribution in [2.24, 2.45) is 0 Å². The number of ketones is 1. The Kier molecular flexibility index (Phi) is 5.42. The average Bonchev–Trinajstić information content (AvgIpc) is 2.44. The van der Waals surface area contributed by atoms with Crippen molar-refractivity contribution in [1.82, 2.24) is 0 Å². The van der Waals surface area contributed by atoms with E-state index in [0.29, 0.717) is 0 Å². The van der Waals surface area contributed by atoms with Gasteiger partial charge < -0.3 is 14.2 Å². The van der Waals surface area contributed by atoms with E-state index in [1.54, 1.807) is 0 Å². The van der Waals surface area contributed by atoms with Crippen LogP contribution in [-0.2, 0) is 9.53 Å². The number of hydrogen-bond donors (Lipinski definition) is 0. The van der Waals surface area contributed by atoms with E-state index in [1.807, 2.05) is 0 Å². The van der Waals surface area contributed by atoms with Crippen molar-refractivity contribution in [3.63, 3.8) is 0 Å². The van der Waals surface area contributed by atoms with Crippen LogP contribution in [0.4, 0.5) is 8.78 Å². The molecule has 0 saturated carbocycles. The molecule has 0 fully saturated rings. The van der Waals surface area contributed by atoms with Crippen LogP contribution in [0.1, 0.15) is 29.3 Å². The first kappa shape index (κ1) is 15.9. The number of benzene rings is 1. The summed E-state index contributed by atoms with van der Waals surface area (Å²) in [5.74, 6) is -2.22. The minimum absolute atomic E-state index is 0.0259. The lowest BCUT2D eigenvalue weighted by Gasteiger charge is -2.13. The molecular weight excluding hydrogens is 274 g/mol. The highest BCUT2D eigenvalue weighted by Gasteiger charge is 2.27. The molecule has 0 atom stereocenters. The van der Waals surface area contributed by atoms with Gasteiger partial charge in [0.15, 0.2) is 11.5 Å². The van der Waals surface area contributed by atoms with E-state index < -0.39 is 29.3 Å². The summed E-state index contributed by atoms with van der Waals surface area (Å²) in [6.07, 6.45) is -2.94. The number of ether oxygens (including phenoxy) is 3. The van der Waals surface area contributed by atoms with Gasteiger partial charge in [-0.3, -0.25) is 4.79 Å². The van der Waals surface area contributed by atoms with E-state index in [0.717, 1.165) is 12.1 Å². The van der Waals surface area contributed by atoms with Crippen LogP contribution in [0.3, 0.4) is 0 Å². The third kappa shape index (κ3) is 3.23. The van der Waals surface area contributed by atoms with E-state index in [9.17, 15) is 18.4 Å². The van der Waals surface area contributed by atoms with Crippen molar-refractivity contribution < 1.29 is 32.6 Å². The van der Waals surface area contributed by atoms with Crippen LogP contribution in [0.2, 0.25) is 0 Å². The predicted molar refractivity (Wildman–Crippen MR) is 65.5 cm³/mol. The van der Waals surface area contributed by atoms with Gasteiger partial charge in [0, 0.05) is 11.1 Å². The van der Waals surface area contributed by atoms with Crippen LogP contribution in [-0.4, -0.2) is 32.6 Å². The first-order valence-electron chi connectivity index (χ1n) is 5.71. The lowest BCUT2D eigenvalue weighted by molar-refractivity contribution is -0.137. The van der Waals surface area contributed by atoms with E-state index in [1.165, 1.54) is 21.1 Å². The molecule has 0 bridgehead atoms. The van der Waals surface area contributed by atoms with Gasteiger partial charge in [-0.25, -0.2) is 13.6 Å². The molecule has 0 saturated heterocycles. The smallest absolute Gasteiger partial charge is 0.379 e. The maximum absolute atomic E-state index is 13.0. The molecule has 1 aromatic carbocycles. The molecule has 20 heavy (non-hydrogen) atoms. The van der Waals surface area contributed by atoms with Crippen LogP contribution in [0.15, 0.2) is 12.1 Å². The van der Waals surface area contributed by atoms with Gasteiger partial charge in [-0.1, -0.05) is 0 Å². The minimum Gasteiger partial charge on any atom is -0.493 e. The number of esters is 1. The molecule has 7 heteroatoms. The van der Waals surface area contributed by atoms with Gasteiger partial charge in [0.1, 0.15) is 0 Å². The standard InChI is InChI=1S/C13H14F2O5/c1-4-20-13(17)11(16)7-5-9(18-2)10(19-3)6-8(7)12(14)15/h5-6,12H,4H2,1-3H3. The fourth-order valence-corrected chi connectivity index (χ4v) is 1.58. The lowest BCUT2D eigenvalue weighted by Crippen LogP contribution is -2.19. The van der Waals surface area contributed by atoms with E-state index >= 15 is 0 Å². The number of carbonyl (C=O) groups is 2. The molecule has 0 radical (unpaired) electrons. The molecule has 1 rings (SSSR count). The highest BCUT2D eigenvalue weighted by atomic mass is 19.3. The maximum Gasteiger partial charge on any atom is 0.379 e. The number of rotatable bonds is 6. The summed E-state index contributed by atoms with van der Waals surface area (Å²) in [5.41, 5.74) is -1.07. The molecule has 0 aliphatic rings. The SMILES string of the molecule is CCOC(=O)C(=O)c1cc(OC)c(OC)cc1C(F)F. The van der Waals surface area contributed by atoms with Gasteiger partial charge in [0.05, 0.1) is 20.8 Å². The van der Waals surface area contributed by atoms with Gasteiger partial charge in [-0.2, -0.15) is 0 Å². The zero-order valence-electron chi connectivity index (χ0n) is 11.2. The topological polar surface area (TPSA) is 61.8 Å².